The molecule has 0 heterocycles. The highest BCUT2D eigenvalue weighted by Gasteiger charge is 1.98. The fourth-order valence-electron chi connectivity index (χ4n) is 1.56. The van der Waals surface area contributed by atoms with Crippen LogP contribution >= 0.6 is 35.0 Å². The molecule has 17 heavy (non-hydrogen) atoms. The second kappa shape index (κ2) is 9.09. The molecule has 0 spiro atoms. The lowest BCUT2D eigenvalue weighted by Gasteiger charge is -2.06. The Kier molecular flexibility index (Phi) is 8.12. The van der Waals surface area contributed by atoms with Crippen LogP contribution in [0.25, 0.3) is 0 Å². The smallest absolute Gasteiger partial charge is 0.0595 e. The standard InChI is InChI=1S/C13H19Cl2NS/c1-17-8-4-2-3-7-16-10-11-5-6-12(14)13(15)9-11/h5-6,9,16H,2-4,7-8,10H2,1H3. The fraction of sp³-hybridized carbons (Fsp3) is 0.538. The molecule has 0 amide bonds. The van der Waals surface area contributed by atoms with Crippen molar-refractivity contribution in [2.75, 3.05) is 18.6 Å². The molecule has 0 saturated carbocycles. The number of rotatable bonds is 8. The zero-order chi connectivity index (χ0) is 12.5. The molecule has 0 saturated heterocycles. The number of thioether (sulfide) groups is 1. The molecule has 0 aromatic heterocycles. The molecule has 1 rings (SSSR count). The first-order valence-electron chi connectivity index (χ1n) is 5.87. The van der Waals surface area contributed by atoms with Gasteiger partial charge < -0.3 is 5.32 Å². The Morgan fingerprint density at radius 2 is 1.94 bits per heavy atom. The van der Waals surface area contributed by atoms with E-state index in [1.165, 1.54) is 30.6 Å². The Hall–Kier alpha value is 0.110. The average molecular weight is 292 g/mol. The summed E-state index contributed by atoms with van der Waals surface area (Å²) >= 11 is 13.7. The molecular formula is C13H19Cl2NS. The van der Waals surface area contributed by atoms with Gasteiger partial charge >= 0.3 is 0 Å². The third-order valence-corrected chi connectivity index (χ3v) is 3.95. The van der Waals surface area contributed by atoms with Crippen molar-refractivity contribution >= 4 is 35.0 Å². The van der Waals surface area contributed by atoms with E-state index in [4.69, 9.17) is 23.2 Å². The number of benzene rings is 1. The van der Waals surface area contributed by atoms with Gasteiger partial charge in [-0.05, 0) is 49.1 Å². The zero-order valence-electron chi connectivity index (χ0n) is 10.1. The van der Waals surface area contributed by atoms with Crippen LogP contribution in [0.2, 0.25) is 10.0 Å². The van der Waals surface area contributed by atoms with Gasteiger partial charge in [-0.2, -0.15) is 11.8 Å². The van der Waals surface area contributed by atoms with E-state index < -0.39 is 0 Å². The molecule has 0 unspecified atom stereocenters. The Bertz CT molecular complexity index is 331. The Morgan fingerprint density at radius 1 is 1.12 bits per heavy atom. The summed E-state index contributed by atoms with van der Waals surface area (Å²) in [5, 5.41) is 4.67. The van der Waals surface area contributed by atoms with E-state index in [-0.39, 0.29) is 0 Å². The van der Waals surface area contributed by atoms with Gasteiger partial charge in [0.15, 0.2) is 0 Å². The largest absolute Gasteiger partial charge is 0.313 e. The highest BCUT2D eigenvalue weighted by Crippen LogP contribution is 2.22. The molecular weight excluding hydrogens is 273 g/mol. The maximum absolute atomic E-state index is 5.95. The van der Waals surface area contributed by atoms with Crippen molar-refractivity contribution in [2.45, 2.75) is 25.8 Å². The van der Waals surface area contributed by atoms with Crippen molar-refractivity contribution in [3.8, 4) is 0 Å². The quantitative estimate of drug-likeness (QED) is 0.702. The summed E-state index contributed by atoms with van der Waals surface area (Å²) in [5.41, 5.74) is 1.18. The highest BCUT2D eigenvalue weighted by molar-refractivity contribution is 7.98. The minimum absolute atomic E-state index is 0.618. The van der Waals surface area contributed by atoms with Gasteiger partial charge in [0.2, 0.25) is 0 Å². The van der Waals surface area contributed by atoms with Gasteiger partial charge in [0.1, 0.15) is 0 Å². The molecule has 1 aromatic carbocycles. The van der Waals surface area contributed by atoms with Crippen LogP contribution in [0.3, 0.4) is 0 Å². The number of hydrogen-bond donors (Lipinski definition) is 1. The molecule has 0 bridgehead atoms. The average Bonchev–Trinajstić information content (AvgIpc) is 2.32. The van der Waals surface area contributed by atoms with Crippen molar-refractivity contribution in [1.29, 1.82) is 0 Å². The van der Waals surface area contributed by atoms with E-state index in [1.807, 2.05) is 30.0 Å². The predicted molar refractivity (Wildman–Crippen MR) is 80.4 cm³/mol. The molecule has 4 heteroatoms. The van der Waals surface area contributed by atoms with E-state index in [9.17, 15) is 0 Å². The Morgan fingerprint density at radius 3 is 2.65 bits per heavy atom. The second-order valence-electron chi connectivity index (χ2n) is 3.98. The summed E-state index contributed by atoms with van der Waals surface area (Å²) in [6.45, 7) is 1.92. The molecule has 0 fully saturated rings. The van der Waals surface area contributed by atoms with Gasteiger partial charge in [-0.3, -0.25) is 0 Å². The second-order valence-corrected chi connectivity index (χ2v) is 5.78. The van der Waals surface area contributed by atoms with Crippen LogP contribution in [-0.2, 0) is 6.54 Å². The number of unbranched alkanes of at least 4 members (excludes halogenated alkanes) is 2. The van der Waals surface area contributed by atoms with Crippen LogP contribution in [0.5, 0.6) is 0 Å². The van der Waals surface area contributed by atoms with Crippen LogP contribution in [0.4, 0.5) is 0 Å². The Labute approximate surface area is 118 Å². The van der Waals surface area contributed by atoms with E-state index in [2.05, 4.69) is 11.6 Å². The summed E-state index contributed by atoms with van der Waals surface area (Å²) in [6.07, 6.45) is 6.01. The van der Waals surface area contributed by atoms with E-state index in [0.29, 0.717) is 10.0 Å². The first-order valence-corrected chi connectivity index (χ1v) is 8.02. The minimum atomic E-state index is 0.618. The van der Waals surface area contributed by atoms with E-state index in [1.54, 1.807) is 0 Å². The maximum Gasteiger partial charge on any atom is 0.0595 e. The van der Waals surface area contributed by atoms with Gasteiger partial charge in [0.05, 0.1) is 10.0 Å². The molecule has 0 aliphatic carbocycles. The highest BCUT2D eigenvalue weighted by atomic mass is 35.5. The van der Waals surface area contributed by atoms with Crippen molar-refractivity contribution in [1.82, 2.24) is 5.32 Å². The first-order chi connectivity index (χ1) is 8.24. The Balaban J connectivity index is 2.11. The summed E-state index contributed by atoms with van der Waals surface area (Å²) in [4.78, 5) is 0. The van der Waals surface area contributed by atoms with Gasteiger partial charge in [-0.15, -0.1) is 0 Å². The van der Waals surface area contributed by atoms with Gasteiger partial charge in [-0.25, -0.2) is 0 Å². The van der Waals surface area contributed by atoms with E-state index >= 15 is 0 Å². The molecule has 0 aliphatic heterocycles. The third kappa shape index (κ3) is 6.56. The molecule has 0 radical (unpaired) electrons. The van der Waals surface area contributed by atoms with Crippen molar-refractivity contribution in [2.24, 2.45) is 0 Å². The lowest BCUT2D eigenvalue weighted by Crippen LogP contribution is -2.14. The van der Waals surface area contributed by atoms with E-state index in [0.717, 1.165) is 13.1 Å². The van der Waals surface area contributed by atoms with Crippen molar-refractivity contribution in [3.63, 3.8) is 0 Å². The fourth-order valence-corrected chi connectivity index (χ4v) is 2.37. The maximum atomic E-state index is 5.95. The lowest BCUT2D eigenvalue weighted by molar-refractivity contribution is 0.618. The number of halogens is 2. The monoisotopic (exact) mass is 291 g/mol. The van der Waals surface area contributed by atoms with Crippen LogP contribution in [0.1, 0.15) is 24.8 Å². The normalized spacial score (nSPS) is 10.8. The van der Waals surface area contributed by atoms with Crippen molar-refractivity contribution in [3.05, 3.63) is 33.8 Å². The van der Waals surface area contributed by atoms with Crippen LogP contribution in [0.15, 0.2) is 18.2 Å². The molecule has 1 aromatic rings. The van der Waals surface area contributed by atoms with Gasteiger partial charge in [-0.1, -0.05) is 35.7 Å². The summed E-state index contributed by atoms with van der Waals surface area (Å²) in [5.74, 6) is 1.27. The zero-order valence-corrected chi connectivity index (χ0v) is 12.5. The summed E-state index contributed by atoms with van der Waals surface area (Å²) < 4.78 is 0. The molecule has 0 aliphatic rings. The SMILES string of the molecule is CSCCCCCNCc1ccc(Cl)c(Cl)c1. The topological polar surface area (TPSA) is 12.0 Å². The minimum Gasteiger partial charge on any atom is -0.313 e. The molecule has 96 valence electrons. The van der Waals surface area contributed by atoms with Crippen LogP contribution in [-0.4, -0.2) is 18.6 Å². The van der Waals surface area contributed by atoms with Crippen molar-refractivity contribution < 1.29 is 0 Å². The first kappa shape index (κ1) is 15.2. The lowest BCUT2D eigenvalue weighted by atomic mass is 10.2. The summed E-state index contributed by atoms with van der Waals surface area (Å²) in [6, 6.07) is 5.78. The third-order valence-electron chi connectivity index (χ3n) is 2.52. The number of nitrogens with one attached hydrogen (secondary N) is 1. The molecule has 1 nitrogen and oxygen atoms in total. The molecule has 1 N–H and O–H groups in total. The number of hydrogen-bond acceptors (Lipinski definition) is 2. The summed E-state index contributed by atoms with van der Waals surface area (Å²) in [7, 11) is 0. The molecule has 0 atom stereocenters. The van der Waals surface area contributed by atoms with Gasteiger partial charge in [0.25, 0.3) is 0 Å². The van der Waals surface area contributed by atoms with Crippen LogP contribution in [0, 0.1) is 0 Å². The predicted octanol–water partition coefficient (Wildman–Crippen LogP) is 4.62. The van der Waals surface area contributed by atoms with Gasteiger partial charge in [0, 0.05) is 6.54 Å². The van der Waals surface area contributed by atoms with Crippen LogP contribution < -0.4 is 5.32 Å².